The summed E-state index contributed by atoms with van der Waals surface area (Å²) in [6, 6.07) is 3.54. The molecule has 0 aliphatic carbocycles. The molecule has 1 aromatic rings. The summed E-state index contributed by atoms with van der Waals surface area (Å²) in [4.78, 5) is 9.79. The van der Waals surface area contributed by atoms with Gasteiger partial charge in [0.05, 0.1) is 11.0 Å². The third-order valence-electron chi connectivity index (χ3n) is 1.55. The van der Waals surface area contributed by atoms with Crippen LogP contribution in [0.25, 0.3) is 0 Å². The van der Waals surface area contributed by atoms with Gasteiger partial charge in [-0.2, -0.15) is 0 Å². The third-order valence-corrected chi connectivity index (χ3v) is 1.55. The van der Waals surface area contributed by atoms with Crippen LogP contribution in [0.2, 0.25) is 0 Å². The summed E-state index contributed by atoms with van der Waals surface area (Å²) in [6.07, 6.45) is 0. The van der Waals surface area contributed by atoms with Gasteiger partial charge in [-0.05, 0) is 19.9 Å². The van der Waals surface area contributed by atoms with Gasteiger partial charge in [0, 0.05) is 17.8 Å². The van der Waals surface area contributed by atoms with E-state index in [2.05, 4.69) is 5.32 Å². The van der Waals surface area contributed by atoms with Crippen molar-refractivity contribution in [3.05, 3.63) is 34.1 Å². The number of nitro benzene ring substituents is 1. The maximum Gasteiger partial charge on any atom is 0.274 e. The summed E-state index contributed by atoms with van der Waals surface area (Å²) in [5.74, 6) is -0.609. The van der Waals surface area contributed by atoms with Crippen LogP contribution in [0, 0.1) is 15.9 Å². The lowest BCUT2D eigenvalue weighted by molar-refractivity contribution is -0.385. The summed E-state index contributed by atoms with van der Waals surface area (Å²) < 4.78 is 12.9. The van der Waals surface area contributed by atoms with Crippen LogP contribution in [-0.2, 0) is 0 Å². The van der Waals surface area contributed by atoms with E-state index in [4.69, 9.17) is 0 Å². The van der Waals surface area contributed by atoms with Gasteiger partial charge in [0.2, 0.25) is 0 Å². The van der Waals surface area contributed by atoms with Crippen molar-refractivity contribution in [3.63, 3.8) is 0 Å². The van der Waals surface area contributed by atoms with Gasteiger partial charge in [0.1, 0.15) is 5.82 Å². The summed E-state index contributed by atoms with van der Waals surface area (Å²) in [5.41, 5.74) is 0.180. The second-order valence-electron chi connectivity index (χ2n) is 3.25. The maximum absolute atomic E-state index is 12.9. The molecule has 1 rings (SSSR count). The van der Waals surface area contributed by atoms with Crippen molar-refractivity contribution in [3.8, 4) is 0 Å². The summed E-state index contributed by atoms with van der Waals surface area (Å²) >= 11 is 0. The molecule has 1 N–H and O–H groups in total. The van der Waals surface area contributed by atoms with Gasteiger partial charge in [0.15, 0.2) is 0 Å². The summed E-state index contributed by atoms with van der Waals surface area (Å²) in [6.45, 7) is 3.74. The molecule has 0 radical (unpaired) electrons. The minimum Gasteiger partial charge on any atom is -0.383 e. The number of hydrogen-bond donors (Lipinski definition) is 1. The number of nitrogens with zero attached hydrogens (tertiary/aromatic N) is 1. The topological polar surface area (TPSA) is 55.2 Å². The van der Waals surface area contributed by atoms with Gasteiger partial charge in [-0.15, -0.1) is 0 Å². The molecule has 0 unspecified atom stereocenters. The highest BCUT2D eigenvalue weighted by Gasteiger charge is 2.09. The van der Waals surface area contributed by atoms with Crippen molar-refractivity contribution < 1.29 is 9.31 Å². The van der Waals surface area contributed by atoms with Crippen LogP contribution in [0.4, 0.5) is 15.8 Å². The molecule has 5 heteroatoms. The van der Waals surface area contributed by atoms with Crippen LogP contribution in [0.1, 0.15) is 13.8 Å². The zero-order valence-corrected chi connectivity index (χ0v) is 7.95. The molecule has 1 aromatic carbocycles. The Labute approximate surface area is 80.9 Å². The van der Waals surface area contributed by atoms with Gasteiger partial charge in [-0.3, -0.25) is 10.1 Å². The van der Waals surface area contributed by atoms with Crippen LogP contribution in [-0.4, -0.2) is 11.0 Å². The van der Waals surface area contributed by atoms with Crippen LogP contribution < -0.4 is 5.32 Å². The maximum atomic E-state index is 12.9. The number of hydrogen-bond acceptors (Lipinski definition) is 3. The van der Waals surface area contributed by atoms with E-state index >= 15 is 0 Å². The second-order valence-corrected chi connectivity index (χ2v) is 3.25. The fraction of sp³-hybridized carbons (Fsp3) is 0.333. The smallest absolute Gasteiger partial charge is 0.274 e. The Balaban J connectivity index is 3.01. The number of halogens is 1. The van der Waals surface area contributed by atoms with Gasteiger partial charge in [-0.25, -0.2) is 4.39 Å². The lowest BCUT2D eigenvalue weighted by Crippen LogP contribution is -2.09. The Bertz CT molecular complexity index is 353. The molecule has 0 spiro atoms. The monoisotopic (exact) mass is 198 g/mol. The number of nitrogens with one attached hydrogen (secondary N) is 1. The Hall–Kier alpha value is -1.65. The minimum atomic E-state index is -0.616. The molecule has 0 atom stereocenters. The Morgan fingerprint density at radius 3 is 2.57 bits per heavy atom. The van der Waals surface area contributed by atoms with E-state index in [-0.39, 0.29) is 11.7 Å². The number of anilines is 1. The molecule has 0 bridgehead atoms. The van der Waals surface area contributed by atoms with E-state index < -0.39 is 10.7 Å². The van der Waals surface area contributed by atoms with Gasteiger partial charge in [0.25, 0.3) is 5.69 Å². The molecule has 4 nitrogen and oxygen atoms in total. The van der Waals surface area contributed by atoms with Crippen molar-refractivity contribution in [2.24, 2.45) is 0 Å². The molecule has 76 valence electrons. The quantitative estimate of drug-likeness (QED) is 0.599. The van der Waals surface area contributed by atoms with Crippen molar-refractivity contribution >= 4 is 11.4 Å². The van der Waals surface area contributed by atoms with Crippen LogP contribution in [0.5, 0.6) is 0 Å². The highest BCUT2D eigenvalue weighted by molar-refractivity contribution is 5.51. The molecule has 0 amide bonds. The predicted octanol–water partition coefficient (Wildman–Crippen LogP) is 2.55. The lowest BCUT2D eigenvalue weighted by Gasteiger charge is -2.09. The van der Waals surface area contributed by atoms with E-state index in [1.165, 1.54) is 12.1 Å². The average molecular weight is 198 g/mol. The summed E-state index contributed by atoms with van der Waals surface area (Å²) in [5, 5.41) is 13.3. The molecule has 0 heterocycles. The van der Waals surface area contributed by atoms with Gasteiger partial charge in [-0.1, -0.05) is 0 Å². The summed E-state index contributed by atoms with van der Waals surface area (Å²) in [7, 11) is 0. The molecular weight excluding hydrogens is 187 g/mol. The van der Waals surface area contributed by atoms with Gasteiger partial charge >= 0.3 is 0 Å². The number of rotatable bonds is 3. The van der Waals surface area contributed by atoms with Crippen molar-refractivity contribution in [1.82, 2.24) is 0 Å². The molecule has 14 heavy (non-hydrogen) atoms. The zero-order chi connectivity index (χ0) is 10.7. The molecule has 0 fully saturated rings. The Kier molecular flexibility index (Phi) is 3.01. The van der Waals surface area contributed by atoms with Crippen molar-refractivity contribution in [2.75, 3.05) is 5.32 Å². The standard InChI is InChI=1S/C9H11FN2O2/c1-6(2)11-8-3-7(10)4-9(5-8)12(13)14/h3-6,11H,1-2H3. The van der Waals surface area contributed by atoms with E-state index in [1.807, 2.05) is 13.8 Å². The van der Waals surface area contributed by atoms with Crippen molar-refractivity contribution in [2.45, 2.75) is 19.9 Å². The van der Waals surface area contributed by atoms with Crippen LogP contribution in [0.15, 0.2) is 18.2 Å². The minimum absolute atomic E-state index is 0.108. The molecule has 0 aliphatic rings. The van der Waals surface area contributed by atoms with E-state index in [0.717, 1.165) is 6.07 Å². The normalized spacial score (nSPS) is 10.3. The van der Waals surface area contributed by atoms with E-state index in [1.54, 1.807) is 0 Å². The lowest BCUT2D eigenvalue weighted by atomic mass is 10.2. The third kappa shape index (κ3) is 2.69. The average Bonchev–Trinajstić information content (AvgIpc) is 2.01. The molecular formula is C9H11FN2O2. The SMILES string of the molecule is CC(C)Nc1cc(F)cc([N+](=O)[O-])c1. The predicted molar refractivity (Wildman–Crippen MR) is 51.8 cm³/mol. The zero-order valence-electron chi connectivity index (χ0n) is 7.95. The first-order chi connectivity index (χ1) is 6.49. The fourth-order valence-electron chi connectivity index (χ4n) is 1.10. The fourth-order valence-corrected chi connectivity index (χ4v) is 1.10. The number of benzene rings is 1. The molecule has 0 saturated carbocycles. The highest BCUT2D eigenvalue weighted by Crippen LogP contribution is 2.20. The Morgan fingerprint density at radius 1 is 1.43 bits per heavy atom. The first kappa shape index (κ1) is 10.4. The van der Waals surface area contributed by atoms with Crippen molar-refractivity contribution in [1.29, 1.82) is 0 Å². The first-order valence-electron chi connectivity index (χ1n) is 4.20. The Morgan fingerprint density at radius 2 is 2.07 bits per heavy atom. The number of non-ortho nitro benzene ring substituents is 1. The first-order valence-corrected chi connectivity index (χ1v) is 4.20. The molecule has 0 saturated heterocycles. The van der Waals surface area contributed by atoms with Crippen LogP contribution in [0.3, 0.4) is 0 Å². The number of nitro groups is 1. The second kappa shape index (κ2) is 4.04. The van der Waals surface area contributed by atoms with Gasteiger partial charge < -0.3 is 5.32 Å². The van der Waals surface area contributed by atoms with Crippen LogP contribution >= 0.6 is 0 Å². The van der Waals surface area contributed by atoms with E-state index in [0.29, 0.717) is 5.69 Å². The molecule has 0 aliphatic heterocycles. The largest absolute Gasteiger partial charge is 0.383 e. The molecule has 0 aromatic heterocycles. The van der Waals surface area contributed by atoms with E-state index in [9.17, 15) is 14.5 Å². The highest BCUT2D eigenvalue weighted by atomic mass is 19.1.